The SMILES string of the molecule is c1ccc2c(-c3c4ccccc4c(-c4ccc5cc(-c6ccc7sc8ccc9sc%10ccccc%10c9c8c7c6)ccc5c4)c4ccccc34)cccc2c1. The van der Waals surface area contributed by atoms with Crippen LogP contribution in [0.4, 0.5) is 0 Å². The van der Waals surface area contributed by atoms with E-state index >= 15 is 0 Å². The summed E-state index contributed by atoms with van der Waals surface area (Å²) in [6, 6.07) is 67.9. The van der Waals surface area contributed by atoms with Crippen LogP contribution in [0, 0.1) is 0 Å². The normalized spacial score (nSPS) is 12.1. The Morgan fingerprint density at radius 2 is 0.741 bits per heavy atom. The van der Waals surface area contributed by atoms with Crippen LogP contribution in [0.1, 0.15) is 0 Å². The largest absolute Gasteiger partial charge is 0.135 e. The lowest BCUT2D eigenvalue weighted by Gasteiger charge is -2.19. The highest BCUT2D eigenvalue weighted by Crippen LogP contribution is 2.47. The zero-order valence-electron chi connectivity index (χ0n) is 29.1. The molecule has 12 rings (SSSR count). The maximum Gasteiger partial charge on any atom is 0.0362 e. The van der Waals surface area contributed by atoms with Gasteiger partial charge in [-0.25, -0.2) is 0 Å². The standard InChI is InChI=1S/C52H30S2/c1-2-12-37-31(10-1)11-9-18-38(37)50-41-15-5-3-13-39(41)49(40-14-4-6-16-42(40)50)36-23-22-32-28-33(20-21-34(32)29-36)35-24-25-46-44(30-35)52-48(54-46)27-26-47-51(52)43-17-7-8-19-45(43)53-47/h1-30H. The number of thiophene rings is 2. The van der Waals surface area contributed by atoms with Crippen LogP contribution in [-0.2, 0) is 0 Å². The second-order valence-electron chi connectivity index (χ2n) is 14.4. The van der Waals surface area contributed by atoms with Gasteiger partial charge in [-0.15, -0.1) is 22.7 Å². The summed E-state index contributed by atoms with van der Waals surface area (Å²) < 4.78 is 5.41. The van der Waals surface area contributed by atoms with Crippen molar-refractivity contribution in [2.24, 2.45) is 0 Å². The summed E-state index contributed by atoms with van der Waals surface area (Å²) in [5.41, 5.74) is 7.61. The molecule has 0 unspecified atom stereocenters. The molecular formula is C52H30S2. The first-order chi connectivity index (χ1) is 26.8. The third kappa shape index (κ3) is 4.42. The highest BCUT2D eigenvalue weighted by Gasteiger charge is 2.19. The maximum atomic E-state index is 2.42. The Kier molecular flexibility index (Phi) is 6.48. The van der Waals surface area contributed by atoms with Gasteiger partial charge in [-0.05, 0) is 119 Å². The van der Waals surface area contributed by atoms with Crippen molar-refractivity contribution >= 4 is 106 Å². The van der Waals surface area contributed by atoms with Crippen LogP contribution in [0.3, 0.4) is 0 Å². The zero-order valence-corrected chi connectivity index (χ0v) is 30.8. The van der Waals surface area contributed by atoms with Crippen molar-refractivity contribution in [1.29, 1.82) is 0 Å². The summed E-state index contributed by atoms with van der Waals surface area (Å²) in [5, 5.41) is 15.6. The molecule has 250 valence electrons. The van der Waals surface area contributed by atoms with Crippen molar-refractivity contribution in [3.8, 4) is 33.4 Å². The Morgan fingerprint density at radius 1 is 0.259 bits per heavy atom. The Bertz CT molecular complexity index is 3440. The summed E-state index contributed by atoms with van der Waals surface area (Å²) in [5.74, 6) is 0. The molecule has 0 amide bonds. The second kappa shape index (κ2) is 11.6. The van der Waals surface area contributed by atoms with Gasteiger partial charge in [0.05, 0.1) is 0 Å². The number of rotatable bonds is 3. The van der Waals surface area contributed by atoms with Crippen molar-refractivity contribution in [1.82, 2.24) is 0 Å². The molecule has 2 heterocycles. The summed E-state index contributed by atoms with van der Waals surface area (Å²) in [7, 11) is 0. The number of benzene rings is 10. The molecule has 0 spiro atoms. The van der Waals surface area contributed by atoms with Crippen LogP contribution >= 0.6 is 22.7 Å². The molecule has 0 aliphatic heterocycles. The molecule has 0 aliphatic rings. The Labute approximate surface area is 319 Å². The summed E-state index contributed by atoms with van der Waals surface area (Å²) in [4.78, 5) is 0. The lowest BCUT2D eigenvalue weighted by molar-refractivity contribution is 1.67. The fraction of sp³-hybridized carbons (Fsp3) is 0. The van der Waals surface area contributed by atoms with Crippen molar-refractivity contribution in [2.75, 3.05) is 0 Å². The molecule has 2 heteroatoms. The summed E-state index contributed by atoms with van der Waals surface area (Å²) in [6.45, 7) is 0. The average molecular weight is 719 g/mol. The average Bonchev–Trinajstić information content (AvgIpc) is 3.80. The molecule has 0 saturated heterocycles. The monoisotopic (exact) mass is 718 g/mol. The molecule has 0 nitrogen and oxygen atoms in total. The van der Waals surface area contributed by atoms with Gasteiger partial charge in [0.25, 0.3) is 0 Å². The van der Waals surface area contributed by atoms with Crippen LogP contribution in [0.5, 0.6) is 0 Å². The van der Waals surface area contributed by atoms with Crippen LogP contribution in [0.15, 0.2) is 182 Å². The van der Waals surface area contributed by atoms with Gasteiger partial charge in [0, 0.05) is 40.3 Å². The van der Waals surface area contributed by atoms with E-state index in [1.807, 2.05) is 22.7 Å². The lowest BCUT2D eigenvalue weighted by Crippen LogP contribution is -1.91. The smallest absolute Gasteiger partial charge is 0.0362 e. The van der Waals surface area contributed by atoms with Gasteiger partial charge < -0.3 is 0 Å². The first-order valence-electron chi connectivity index (χ1n) is 18.5. The van der Waals surface area contributed by atoms with Crippen molar-refractivity contribution in [2.45, 2.75) is 0 Å². The molecule has 10 aromatic carbocycles. The van der Waals surface area contributed by atoms with E-state index in [-0.39, 0.29) is 0 Å². The first kappa shape index (κ1) is 30.2. The van der Waals surface area contributed by atoms with Crippen LogP contribution in [0.2, 0.25) is 0 Å². The lowest BCUT2D eigenvalue weighted by atomic mass is 9.84. The molecule has 0 atom stereocenters. The van der Waals surface area contributed by atoms with E-state index < -0.39 is 0 Å². The quantitative estimate of drug-likeness (QED) is 0.160. The van der Waals surface area contributed by atoms with Gasteiger partial charge in [0.1, 0.15) is 0 Å². The fourth-order valence-electron chi connectivity index (χ4n) is 9.02. The van der Waals surface area contributed by atoms with Crippen LogP contribution in [-0.4, -0.2) is 0 Å². The summed E-state index contributed by atoms with van der Waals surface area (Å²) in [6.07, 6.45) is 0. The van der Waals surface area contributed by atoms with E-state index in [1.165, 1.54) is 117 Å². The van der Waals surface area contributed by atoms with Gasteiger partial charge >= 0.3 is 0 Å². The zero-order chi connectivity index (χ0) is 35.3. The molecular weight excluding hydrogens is 689 g/mol. The molecule has 2 aromatic heterocycles. The van der Waals surface area contributed by atoms with Gasteiger partial charge in [-0.1, -0.05) is 140 Å². The Hall–Kier alpha value is -6.32. The predicted octanol–water partition coefficient (Wildman–Crippen LogP) is 16.0. The van der Waals surface area contributed by atoms with E-state index in [2.05, 4.69) is 182 Å². The fourth-order valence-corrected chi connectivity index (χ4v) is 11.2. The second-order valence-corrected chi connectivity index (χ2v) is 16.5. The highest BCUT2D eigenvalue weighted by molar-refractivity contribution is 7.28. The molecule has 12 aromatic rings. The molecule has 54 heavy (non-hydrogen) atoms. The Balaban J connectivity index is 1.02. The Morgan fingerprint density at radius 3 is 1.46 bits per heavy atom. The van der Waals surface area contributed by atoms with Gasteiger partial charge in [-0.3, -0.25) is 0 Å². The third-order valence-electron chi connectivity index (χ3n) is 11.4. The van der Waals surface area contributed by atoms with E-state index in [1.54, 1.807) is 0 Å². The van der Waals surface area contributed by atoms with E-state index in [0.717, 1.165) is 0 Å². The predicted molar refractivity (Wildman–Crippen MR) is 239 cm³/mol. The molecule has 0 radical (unpaired) electrons. The van der Waals surface area contributed by atoms with Crippen LogP contribution in [0.25, 0.3) is 117 Å². The molecule has 0 N–H and O–H groups in total. The van der Waals surface area contributed by atoms with Gasteiger partial charge in [-0.2, -0.15) is 0 Å². The number of fused-ring (bicyclic) bond motifs is 11. The molecule has 0 fully saturated rings. The van der Waals surface area contributed by atoms with Crippen molar-refractivity contribution in [3.63, 3.8) is 0 Å². The van der Waals surface area contributed by atoms with Crippen molar-refractivity contribution < 1.29 is 0 Å². The molecule has 0 bridgehead atoms. The van der Waals surface area contributed by atoms with Gasteiger partial charge in [0.15, 0.2) is 0 Å². The summed E-state index contributed by atoms with van der Waals surface area (Å²) >= 11 is 3.80. The minimum atomic E-state index is 1.24. The third-order valence-corrected chi connectivity index (χ3v) is 13.7. The topological polar surface area (TPSA) is 0 Å². The molecule has 0 aliphatic carbocycles. The van der Waals surface area contributed by atoms with Crippen LogP contribution < -0.4 is 0 Å². The maximum absolute atomic E-state index is 2.42. The minimum Gasteiger partial charge on any atom is -0.135 e. The minimum absolute atomic E-state index is 1.24. The first-order valence-corrected chi connectivity index (χ1v) is 20.1. The van der Waals surface area contributed by atoms with Crippen molar-refractivity contribution in [3.05, 3.63) is 182 Å². The van der Waals surface area contributed by atoms with E-state index in [0.29, 0.717) is 0 Å². The van der Waals surface area contributed by atoms with E-state index in [9.17, 15) is 0 Å². The van der Waals surface area contributed by atoms with Gasteiger partial charge in [0.2, 0.25) is 0 Å². The number of hydrogen-bond acceptors (Lipinski definition) is 2. The van der Waals surface area contributed by atoms with E-state index in [4.69, 9.17) is 0 Å². The number of hydrogen-bond donors (Lipinski definition) is 0. The molecule has 0 saturated carbocycles. The highest BCUT2D eigenvalue weighted by atomic mass is 32.1.